The molecule has 1 N–H and O–H groups in total. The number of hydrogen-bond acceptors (Lipinski definition) is 3. The lowest BCUT2D eigenvalue weighted by Crippen LogP contribution is -2.54. The molecule has 6 nitrogen and oxygen atoms in total. The Labute approximate surface area is 168 Å². The van der Waals surface area contributed by atoms with Crippen molar-refractivity contribution in [3.8, 4) is 0 Å². The van der Waals surface area contributed by atoms with Gasteiger partial charge in [0, 0.05) is 52.1 Å². The minimum atomic E-state index is -0.0347. The summed E-state index contributed by atoms with van der Waals surface area (Å²) in [5.41, 5.74) is 0.395. The molecule has 154 valence electrons. The first kappa shape index (κ1) is 18.5. The third-order valence-electron chi connectivity index (χ3n) is 7.84. The smallest absolute Gasteiger partial charge is 0.317 e. The normalized spacial score (nSPS) is 39.1. The van der Waals surface area contributed by atoms with Gasteiger partial charge in [-0.15, -0.1) is 0 Å². The summed E-state index contributed by atoms with van der Waals surface area (Å²) >= 11 is 0. The number of nitrogens with one attached hydrogen (secondary N) is 1. The Morgan fingerprint density at radius 1 is 1.25 bits per heavy atom. The van der Waals surface area contributed by atoms with E-state index in [0.717, 1.165) is 43.0 Å². The van der Waals surface area contributed by atoms with Crippen molar-refractivity contribution >= 4 is 6.03 Å². The highest BCUT2D eigenvalue weighted by Gasteiger charge is 2.51. The van der Waals surface area contributed by atoms with Crippen LogP contribution in [0.2, 0.25) is 0 Å². The van der Waals surface area contributed by atoms with Gasteiger partial charge in [0.2, 0.25) is 0 Å². The summed E-state index contributed by atoms with van der Waals surface area (Å²) in [7, 11) is 3.98. The first-order valence-electron chi connectivity index (χ1n) is 11.1. The Hall–Kier alpha value is -1.56. The average Bonchev–Trinajstić information content (AvgIpc) is 3.06. The van der Waals surface area contributed by atoms with Crippen LogP contribution in [0.3, 0.4) is 0 Å². The number of carbonyl (C=O) groups excluding carboxylic acids is 1. The van der Waals surface area contributed by atoms with Gasteiger partial charge < -0.3 is 19.5 Å². The third-order valence-corrected chi connectivity index (χ3v) is 7.84. The van der Waals surface area contributed by atoms with Crippen LogP contribution in [-0.2, 0) is 11.8 Å². The van der Waals surface area contributed by atoms with Crippen molar-refractivity contribution in [2.24, 2.45) is 30.2 Å². The molecular formula is C22H34N4O2. The van der Waals surface area contributed by atoms with Gasteiger partial charge in [-0.2, -0.15) is 0 Å². The van der Waals surface area contributed by atoms with Gasteiger partial charge >= 0.3 is 6.03 Å². The van der Waals surface area contributed by atoms with E-state index in [9.17, 15) is 4.79 Å². The Morgan fingerprint density at radius 2 is 1.93 bits per heavy atom. The van der Waals surface area contributed by atoms with Crippen molar-refractivity contribution < 1.29 is 9.53 Å². The molecule has 6 heteroatoms. The van der Waals surface area contributed by atoms with Crippen molar-refractivity contribution in [1.29, 1.82) is 0 Å². The molecule has 1 aromatic heterocycles. The molecule has 4 aliphatic carbocycles. The molecule has 4 saturated carbocycles. The summed E-state index contributed by atoms with van der Waals surface area (Å²) in [5, 5.41) is 3.28. The molecule has 2 amide bonds. The summed E-state index contributed by atoms with van der Waals surface area (Å²) in [6.07, 6.45) is 13.8. The molecule has 2 heterocycles. The average molecular weight is 387 g/mol. The van der Waals surface area contributed by atoms with E-state index in [2.05, 4.69) is 10.3 Å². The van der Waals surface area contributed by atoms with Crippen molar-refractivity contribution in [3.05, 3.63) is 18.2 Å². The Bertz CT molecular complexity index is 695. The molecule has 4 bridgehead atoms. The van der Waals surface area contributed by atoms with Crippen LogP contribution < -0.4 is 5.32 Å². The minimum absolute atomic E-state index is 0.0347. The molecule has 0 spiro atoms. The second-order valence-corrected chi connectivity index (χ2v) is 10.2. The molecule has 6 rings (SSSR count). The maximum absolute atomic E-state index is 12.9. The fourth-order valence-corrected chi connectivity index (χ4v) is 7.14. The predicted octanol–water partition coefficient (Wildman–Crippen LogP) is 3.50. The van der Waals surface area contributed by atoms with Gasteiger partial charge in [-0.1, -0.05) is 0 Å². The maximum atomic E-state index is 12.9. The van der Waals surface area contributed by atoms with Gasteiger partial charge in [0.1, 0.15) is 11.9 Å². The number of ether oxygens (including phenoxy) is 1. The standard InChI is InChI=1S/C22H34N4O2/c1-25-5-4-23-20(25)19-10-18(3-6-28-19)24-21(27)26(2)14-22-11-15-7-16(12-22)9-17(8-15)13-22/h4-5,15-19H,3,6-14H2,1-2H3,(H,24,27). The molecule has 2 unspecified atom stereocenters. The minimum Gasteiger partial charge on any atom is -0.370 e. The Morgan fingerprint density at radius 3 is 2.54 bits per heavy atom. The van der Waals surface area contributed by atoms with Gasteiger partial charge in [-0.05, 0) is 68.1 Å². The summed E-state index contributed by atoms with van der Waals surface area (Å²) in [6.45, 7) is 1.59. The molecule has 2 atom stereocenters. The number of aryl methyl sites for hydroxylation is 1. The zero-order valence-electron chi connectivity index (χ0n) is 17.3. The van der Waals surface area contributed by atoms with E-state index in [-0.39, 0.29) is 18.2 Å². The lowest BCUT2D eigenvalue weighted by atomic mass is 9.49. The number of urea groups is 1. The van der Waals surface area contributed by atoms with E-state index in [1.54, 1.807) is 6.20 Å². The van der Waals surface area contributed by atoms with E-state index in [1.807, 2.05) is 29.8 Å². The van der Waals surface area contributed by atoms with E-state index in [1.165, 1.54) is 38.5 Å². The van der Waals surface area contributed by atoms with Crippen molar-refractivity contribution in [1.82, 2.24) is 19.8 Å². The van der Waals surface area contributed by atoms with Crippen LogP contribution >= 0.6 is 0 Å². The first-order valence-corrected chi connectivity index (χ1v) is 11.1. The lowest BCUT2D eigenvalue weighted by Gasteiger charge is -2.57. The van der Waals surface area contributed by atoms with E-state index >= 15 is 0 Å². The second kappa shape index (κ2) is 7.05. The predicted molar refractivity (Wildman–Crippen MR) is 107 cm³/mol. The summed E-state index contributed by atoms with van der Waals surface area (Å²) in [4.78, 5) is 19.3. The number of amides is 2. The Kier molecular flexibility index (Phi) is 4.65. The van der Waals surface area contributed by atoms with E-state index in [0.29, 0.717) is 12.0 Å². The van der Waals surface area contributed by atoms with Crippen LogP contribution in [0.4, 0.5) is 4.79 Å². The van der Waals surface area contributed by atoms with Crippen LogP contribution in [0.5, 0.6) is 0 Å². The SMILES string of the molecule is CN(CC12CC3CC(CC(C3)C1)C2)C(=O)NC1CCOC(c2nccn2C)C1. The zero-order chi connectivity index (χ0) is 19.3. The molecule has 28 heavy (non-hydrogen) atoms. The summed E-state index contributed by atoms with van der Waals surface area (Å²) in [5.74, 6) is 3.73. The fourth-order valence-electron chi connectivity index (χ4n) is 7.14. The highest BCUT2D eigenvalue weighted by molar-refractivity contribution is 5.74. The molecule has 1 aromatic rings. The van der Waals surface area contributed by atoms with Gasteiger partial charge in [-0.3, -0.25) is 0 Å². The van der Waals surface area contributed by atoms with Gasteiger partial charge in [0.15, 0.2) is 0 Å². The van der Waals surface area contributed by atoms with Gasteiger partial charge in [0.25, 0.3) is 0 Å². The summed E-state index contributed by atoms with van der Waals surface area (Å²) in [6, 6.07) is 0.239. The highest BCUT2D eigenvalue weighted by Crippen LogP contribution is 2.60. The largest absolute Gasteiger partial charge is 0.370 e. The number of aromatic nitrogens is 2. The van der Waals surface area contributed by atoms with Crippen LogP contribution in [0.1, 0.15) is 63.3 Å². The highest BCUT2D eigenvalue weighted by atomic mass is 16.5. The molecular weight excluding hydrogens is 352 g/mol. The lowest BCUT2D eigenvalue weighted by molar-refractivity contribution is -0.0620. The molecule has 5 fully saturated rings. The molecule has 0 aromatic carbocycles. The third kappa shape index (κ3) is 3.44. The zero-order valence-corrected chi connectivity index (χ0v) is 17.3. The van der Waals surface area contributed by atoms with Gasteiger partial charge in [0.05, 0.1) is 0 Å². The molecule has 1 saturated heterocycles. The maximum Gasteiger partial charge on any atom is 0.317 e. The van der Waals surface area contributed by atoms with E-state index < -0.39 is 0 Å². The first-order chi connectivity index (χ1) is 13.5. The van der Waals surface area contributed by atoms with Crippen molar-refractivity contribution in [2.45, 2.75) is 63.5 Å². The quantitative estimate of drug-likeness (QED) is 0.862. The number of rotatable bonds is 4. The van der Waals surface area contributed by atoms with Crippen LogP contribution in [-0.4, -0.2) is 46.7 Å². The fraction of sp³-hybridized carbons (Fsp3) is 0.818. The Balaban J connectivity index is 1.18. The summed E-state index contributed by atoms with van der Waals surface area (Å²) < 4.78 is 7.93. The van der Waals surface area contributed by atoms with Crippen LogP contribution in [0.15, 0.2) is 12.4 Å². The number of carbonyl (C=O) groups is 1. The molecule has 1 aliphatic heterocycles. The van der Waals surface area contributed by atoms with Crippen molar-refractivity contribution in [2.75, 3.05) is 20.2 Å². The van der Waals surface area contributed by atoms with Crippen LogP contribution in [0, 0.1) is 23.2 Å². The number of hydrogen-bond donors (Lipinski definition) is 1. The number of imidazole rings is 1. The topological polar surface area (TPSA) is 59.4 Å². The monoisotopic (exact) mass is 386 g/mol. The molecule has 0 radical (unpaired) electrons. The van der Waals surface area contributed by atoms with E-state index in [4.69, 9.17) is 4.74 Å². The van der Waals surface area contributed by atoms with Gasteiger partial charge in [-0.25, -0.2) is 9.78 Å². The van der Waals surface area contributed by atoms with Crippen molar-refractivity contribution in [3.63, 3.8) is 0 Å². The van der Waals surface area contributed by atoms with Crippen LogP contribution in [0.25, 0.3) is 0 Å². The second-order valence-electron chi connectivity index (χ2n) is 10.2. The molecule has 5 aliphatic rings. The number of nitrogens with zero attached hydrogens (tertiary/aromatic N) is 3.